The molecule has 2 aromatic carbocycles. The van der Waals surface area contributed by atoms with Crippen LogP contribution in [0.5, 0.6) is 11.5 Å². The van der Waals surface area contributed by atoms with Crippen LogP contribution in [0.4, 0.5) is 5.13 Å². The summed E-state index contributed by atoms with van der Waals surface area (Å²) in [6.45, 7) is 7.64. The Bertz CT molecular complexity index is 1410. The predicted octanol–water partition coefficient (Wildman–Crippen LogP) is 4.92. The number of esters is 1. The van der Waals surface area contributed by atoms with Crippen molar-refractivity contribution in [3.8, 4) is 11.5 Å². The molecule has 3 aromatic rings. The second-order valence-corrected chi connectivity index (χ2v) is 9.41. The second-order valence-electron chi connectivity index (χ2n) is 8.43. The fraction of sp³-hybridized carbons (Fsp3) is 0.214. The minimum absolute atomic E-state index is 0.00576. The number of aryl methyl sites for hydroxylation is 1. The van der Waals surface area contributed by atoms with Crippen molar-refractivity contribution < 1.29 is 34.1 Å². The van der Waals surface area contributed by atoms with Crippen LogP contribution < -0.4 is 9.64 Å². The van der Waals surface area contributed by atoms with Crippen LogP contribution in [0.2, 0.25) is 0 Å². The number of thiazole rings is 1. The molecule has 196 valence electrons. The molecule has 0 radical (unpaired) electrons. The van der Waals surface area contributed by atoms with Crippen LogP contribution in [0.25, 0.3) is 5.76 Å². The van der Waals surface area contributed by atoms with Crippen molar-refractivity contribution in [2.45, 2.75) is 26.3 Å². The lowest BCUT2D eigenvalue weighted by molar-refractivity contribution is -0.132. The van der Waals surface area contributed by atoms with Gasteiger partial charge in [0.25, 0.3) is 5.78 Å². The lowest BCUT2D eigenvalue weighted by atomic mass is 9.95. The standard InChI is InChI=1S/C28H26N2O7S/c1-4-14-36-20-12-8-18(9-13-20)23(32)21-22(17-6-10-19(31)11-7-17)30(26(34)24(21)33)28-29-16(3)25(38-28)27(35)37-15-5-2/h5-13,22,31-32H,2,4,14-15H2,1,3H3/b23-21+. The Morgan fingerprint density at radius 1 is 1.16 bits per heavy atom. The van der Waals surface area contributed by atoms with Crippen molar-refractivity contribution in [3.63, 3.8) is 0 Å². The molecule has 2 heterocycles. The molecule has 0 bridgehead atoms. The molecule has 0 aliphatic carbocycles. The van der Waals surface area contributed by atoms with E-state index in [9.17, 15) is 24.6 Å². The first-order chi connectivity index (χ1) is 18.3. The monoisotopic (exact) mass is 534 g/mol. The molecule has 1 atom stereocenters. The van der Waals surface area contributed by atoms with Gasteiger partial charge in [0.1, 0.15) is 28.7 Å². The van der Waals surface area contributed by atoms with E-state index in [0.717, 1.165) is 22.7 Å². The molecule has 1 aliphatic rings. The SMILES string of the molecule is C=CCOC(=O)c1sc(N2C(=O)C(=O)/C(=C(/O)c3ccc(OCCC)cc3)C2c2ccc(O)cc2)nc1C. The summed E-state index contributed by atoms with van der Waals surface area (Å²) in [6, 6.07) is 11.4. The van der Waals surface area contributed by atoms with Crippen LogP contribution in [0.15, 0.2) is 66.8 Å². The van der Waals surface area contributed by atoms with Crippen LogP contribution in [0.3, 0.4) is 0 Å². The molecule has 9 nitrogen and oxygen atoms in total. The van der Waals surface area contributed by atoms with Crippen LogP contribution in [-0.2, 0) is 14.3 Å². The number of phenolic OH excluding ortho intramolecular Hbond substituents is 1. The van der Waals surface area contributed by atoms with Crippen molar-refractivity contribution >= 4 is 39.9 Å². The van der Waals surface area contributed by atoms with Gasteiger partial charge in [-0.15, -0.1) is 0 Å². The number of Topliss-reactive ketones (excluding diaryl/α,β-unsaturated/α-hetero) is 1. The lowest BCUT2D eigenvalue weighted by Gasteiger charge is -2.23. The molecule has 4 rings (SSSR count). The second kappa shape index (κ2) is 11.3. The minimum Gasteiger partial charge on any atom is -0.508 e. The fourth-order valence-corrected chi connectivity index (χ4v) is 4.95. The summed E-state index contributed by atoms with van der Waals surface area (Å²) in [5.74, 6) is -2.22. The van der Waals surface area contributed by atoms with E-state index in [2.05, 4.69) is 11.6 Å². The third-order valence-corrected chi connectivity index (χ3v) is 6.90. The average molecular weight is 535 g/mol. The summed E-state index contributed by atoms with van der Waals surface area (Å²) < 4.78 is 10.7. The topological polar surface area (TPSA) is 126 Å². The molecule has 1 fully saturated rings. The number of anilines is 1. The third kappa shape index (κ3) is 5.16. The molecule has 2 N–H and O–H groups in total. The van der Waals surface area contributed by atoms with Gasteiger partial charge in [0.05, 0.1) is 23.9 Å². The minimum atomic E-state index is -1.06. The molecular formula is C28H26N2O7S. The van der Waals surface area contributed by atoms with Gasteiger partial charge in [-0.3, -0.25) is 14.5 Å². The number of aliphatic hydroxyl groups excluding tert-OH is 1. The molecule has 1 aromatic heterocycles. The fourth-order valence-electron chi connectivity index (χ4n) is 3.96. The molecule has 1 unspecified atom stereocenters. The number of ketones is 1. The first-order valence-corrected chi connectivity index (χ1v) is 12.7. The maximum Gasteiger partial charge on any atom is 0.350 e. The number of benzene rings is 2. The summed E-state index contributed by atoms with van der Waals surface area (Å²) in [5.41, 5.74) is 0.953. The number of aliphatic hydroxyl groups is 1. The highest BCUT2D eigenvalue weighted by molar-refractivity contribution is 7.17. The van der Waals surface area contributed by atoms with Gasteiger partial charge in [-0.05, 0) is 55.3 Å². The first kappa shape index (κ1) is 26.6. The normalized spacial score (nSPS) is 16.5. The highest BCUT2D eigenvalue weighted by Gasteiger charge is 2.48. The number of hydrogen-bond acceptors (Lipinski definition) is 9. The number of rotatable bonds is 9. The van der Waals surface area contributed by atoms with Gasteiger partial charge in [0, 0.05) is 5.56 Å². The van der Waals surface area contributed by atoms with E-state index in [1.54, 1.807) is 43.3 Å². The van der Waals surface area contributed by atoms with Gasteiger partial charge in [-0.2, -0.15) is 0 Å². The quantitative estimate of drug-likeness (QED) is 0.130. The largest absolute Gasteiger partial charge is 0.508 e. The van der Waals surface area contributed by atoms with Crippen molar-refractivity contribution in [3.05, 3.63) is 88.5 Å². The molecule has 1 amide bonds. The van der Waals surface area contributed by atoms with Gasteiger partial charge < -0.3 is 19.7 Å². The van der Waals surface area contributed by atoms with E-state index in [1.807, 2.05) is 6.92 Å². The molecule has 1 saturated heterocycles. The number of aromatic hydroxyl groups is 1. The van der Waals surface area contributed by atoms with Crippen LogP contribution >= 0.6 is 11.3 Å². The number of nitrogens with zero attached hydrogens (tertiary/aromatic N) is 2. The smallest absolute Gasteiger partial charge is 0.350 e. The van der Waals surface area contributed by atoms with E-state index in [4.69, 9.17) is 9.47 Å². The number of carbonyl (C=O) groups is 3. The number of aromatic nitrogens is 1. The number of carbonyl (C=O) groups excluding carboxylic acids is 3. The number of phenols is 1. The van der Waals surface area contributed by atoms with Crippen molar-refractivity contribution in [1.82, 2.24) is 4.98 Å². The molecule has 0 saturated carbocycles. The zero-order valence-corrected chi connectivity index (χ0v) is 21.7. The summed E-state index contributed by atoms with van der Waals surface area (Å²) >= 11 is 0.905. The molecule has 10 heteroatoms. The first-order valence-electron chi connectivity index (χ1n) is 11.8. The number of hydrogen-bond donors (Lipinski definition) is 2. The Hall–Kier alpha value is -4.44. The molecule has 38 heavy (non-hydrogen) atoms. The van der Waals surface area contributed by atoms with Crippen LogP contribution in [0.1, 0.15) is 45.9 Å². The Kier molecular flexibility index (Phi) is 7.92. The lowest BCUT2D eigenvalue weighted by Crippen LogP contribution is -2.29. The Labute approximate surface area is 223 Å². The Morgan fingerprint density at radius 3 is 2.47 bits per heavy atom. The van der Waals surface area contributed by atoms with Gasteiger partial charge in [-0.1, -0.05) is 43.0 Å². The predicted molar refractivity (Wildman–Crippen MR) is 142 cm³/mol. The third-order valence-electron chi connectivity index (χ3n) is 5.76. The van der Waals surface area contributed by atoms with Gasteiger partial charge >= 0.3 is 11.9 Å². The van der Waals surface area contributed by atoms with Crippen LogP contribution in [-0.4, -0.2) is 46.1 Å². The molecular weight excluding hydrogens is 508 g/mol. The number of amides is 1. The zero-order chi connectivity index (χ0) is 27.4. The average Bonchev–Trinajstić information content (AvgIpc) is 3.43. The number of ether oxygens (including phenoxy) is 2. The van der Waals surface area contributed by atoms with Crippen molar-refractivity contribution in [1.29, 1.82) is 0 Å². The zero-order valence-electron chi connectivity index (χ0n) is 20.8. The highest BCUT2D eigenvalue weighted by atomic mass is 32.1. The van der Waals surface area contributed by atoms with E-state index >= 15 is 0 Å². The van der Waals surface area contributed by atoms with Crippen molar-refractivity contribution in [2.75, 3.05) is 18.1 Å². The van der Waals surface area contributed by atoms with Gasteiger partial charge in [0.15, 0.2) is 5.13 Å². The summed E-state index contributed by atoms with van der Waals surface area (Å²) in [5, 5.41) is 21.2. The van der Waals surface area contributed by atoms with Gasteiger partial charge in [-0.25, -0.2) is 9.78 Å². The van der Waals surface area contributed by atoms with Crippen LogP contribution in [0, 0.1) is 6.92 Å². The Balaban J connectivity index is 1.82. The maximum atomic E-state index is 13.3. The van der Waals surface area contributed by atoms with Crippen molar-refractivity contribution in [2.24, 2.45) is 0 Å². The van der Waals surface area contributed by atoms with E-state index in [-0.39, 0.29) is 33.7 Å². The molecule has 1 aliphatic heterocycles. The summed E-state index contributed by atoms with van der Waals surface area (Å²) in [7, 11) is 0. The summed E-state index contributed by atoms with van der Waals surface area (Å²) in [4.78, 5) is 44.8. The molecule has 0 spiro atoms. The maximum absolute atomic E-state index is 13.3. The van der Waals surface area contributed by atoms with E-state index in [0.29, 0.717) is 29.2 Å². The van der Waals surface area contributed by atoms with E-state index in [1.165, 1.54) is 18.2 Å². The van der Waals surface area contributed by atoms with Gasteiger partial charge in [0.2, 0.25) is 0 Å². The highest BCUT2D eigenvalue weighted by Crippen LogP contribution is 2.44. The Morgan fingerprint density at radius 2 is 1.84 bits per heavy atom. The van der Waals surface area contributed by atoms with E-state index < -0.39 is 23.7 Å². The summed E-state index contributed by atoms with van der Waals surface area (Å²) in [6.07, 6.45) is 2.27.